The van der Waals surface area contributed by atoms with Crippen LogP contribution in [0, 0.1) is 23.7 Å². The van der Waals surface area contributed by atoms with Gasteiger partial charge in [-0.05, 0) is 63.7 Å². The third-order valence-electron chi connectivity index (χ3n) is 6.02. The van der Waals surface area contributed by atoms with Crippen LogP contribution in [0.1, 0.15) is 40.0 Å². The number of amides is 2. The van der Waals surface area contributed by atoms with Crippen LogP contribution in [0.25, 0.3) is 0 Å². The molecule has 4 aliphatic rings. The lowest BCUT2D eigenvalue weighted by Crippen LogP contribution is -2.68. The molecule has 4 rings (SSSR count). The highest BCUT2D eigenvalue weighted by Crippen LogP contribution is 2.67. The summed E-state index contributed by atoms with van der Waals surface area (Å²) in [6.07, 6.45) is 4.06. The molecule has 1 saturated heterocycles. The van der Waals surface area contributed by atoms with Gasteiger partial charge in [0, 0.05) is 6.04 Å². The predicted molar refractivity (Wildman–Crippen MR) is 70.1 cm³/mol. The van der Waals surface area contributed by atoms with Crippen molar-refractivity contribution in [2.24, 2.45) is 23.7 Å². The van der Waals surface area contributed by atoms with Crippen molar-refractivity contribution in [2.45, 2.75) is 57.7 Å². The van der Waals surface area contributed by atoms with Crippen LogP contribution in [0.3, 0.4) is 0 Å². The Morgan fingerprint density at radius 3 is 2.32 bits per heavy atom. The van der Waals surface area contributed by atoms with Gasteiger partial charge in [0.25, 0.3) is 0 Å². The van der Waals surface area contributed by atoms with Crippen molar-refractivity contribution in [2.75, 3.05) is 0 Å². The van der Waals surface area contributed by atoms with Crippen molar-refractivity contribution in [3.63, 3.8) is 0 Å². The Bertz CT molecular complexity index is 457. The van der Waals surface area contributed by atoms with Gasteiger partial charge in [-0.15, -0.1) is 0 Å². The molecule has 2 bridgehead atoms. The first-order valence-electron chi connectivity index (χ1n) is 7.56. The molecule has 0 aromatic heterocycles. The van der Waals surface area contributed by atoms with Crippen molar-refractivity contribution < 1.29 is 9.59 Å². The molecule has 4 heteroatoms. The van der Waals surface area contributed by atoms with Gasteiger partial charge >= 0.3 is 0 Å². The van der Waals surface area contributed by atoms with Gasteiger partial charge in [0.05, 0.1) is 0 Å². The lowest BCUT2D eigenvalue weighted by molar-refractivity contribution is -0.154. The summed E-state index contributed by atoms with van der Waals surface area (Å²) >= 11 is 0. The minimum absolute atomic E-state index is 0.00178. The summed E-state index contributed by atoms with van der Waals surface area (Å²) in [6, 6.07) is 0.0644. The third kappa shape index (κ3) is 1.35. The van der Waals surface area contributed by atoms with Crippen molar-refractivity contribution >= 4 is 11.8 Å². The van der Waals surface area contributed by atoms with Crippen LogP contribution in [-0.2, 0) is 9.59 Å². The van der Waals surface area contributed by atoms with E-state index in [1.165, 1.54) is 19.3 Å². The summed E-state index contributed by atoms with van der Waals surface area (Å²) in [4.78, 5) is 26.7. The molecular weight excluding hydrogens is 240 g/mol. The summed E-state index contributed by atoms with van der Waals surface area (Å²) in [5.41, 5.74) is -0.737. The van der Waals surface area contributed by atoms with Crippen LogP contribution in [0.5, 0.6) is 0 Å². The van der Waals surface area contributed by atoms with Gasteiger partial charge in [-0.1, -0.05) is 0 Å². The highest BCUT2D eigenvalue weighted by molar-refractivity contribution is 5.99. The van der Waals surface area contributed by atoms with E-state index in [2.05, 4.69) is 5.32 Å². The van der Waals surface area contributed by atoms with Crippen molar-refractivity contribution in [1.29, 1.82) is 0 Å². The number of fused-ring (bicyclic) bond motifs is 5. The second-order valence-corrected chi connectivity index (χ2v) is 7.48. The van der Waals surface area contributed by atoms with E-state index in [9.17, 15) is 9.59 Å². The Morgan fingerprint density at radius 2 is 1.74 bits per heavy atom. The molecule has 3 saturated carbocycles. The maximum Gasteiger partial charge on any atom is 0.248 e. The number of nitrogens with one attached hydrogen (secondary N) is 1. The summed E-state index contributed by atoms with van der Waals surface area (Å²) < 4.78 is 0. The highest BCUT2D eigenvalue weighted by Gasteiger charge is 2.69. The number of hydrogen-bond donors (Lipinski definition) is 1. The number of piperazine rings is 1. The summed E-state index contributed by atoms with van der Waals surface area (Å²) in [5.74, 6) is 3.17. The molecule has 0 spiro atoms. The molecule has 1 N–H and O–H groups in total. The maximum atomic E-state index is 12.7. The van der Waals surface area contributed by atoms with E-state index in [-0.39, 0.29) is 17.9 Å². The zero-order valence-electron chi connectivity index (χ0n) is 11.8. The van der Waals surface area contributed by atoms with Crippen LogP contribution >= 0.6 is 0 Å². The number of carbonyl (C=O) groups excluding carboxylic acids is 2. The summed E-state index contributed by atoms with van der Waals surface area (Å²) in [6.45, 7) is 5.51. The number of nitrogens with zero attached hydrogens (tertiary/aromatic N) is 1. The number of carbonyl (C=O) groups is 2. The molecule has 1 aliphatic heterocycles. The molecule has 0 radical (unpaired) electrons. The molecule has 2 amide bonds. The molecular formula is C15H22N2O2. The zero-order chi connectivity index (χ0) is 13.5. The standard InChI is InChI=1S/C15H22N2O2/c1-7-13(18)16-15(2,3)14(19)17(7)12-10-8-4-5-9(6-8)11(10)12/h7-12H,4-6H2,1-3H3,(H,16,18). The first kappa shape index (κ1) is 11.7. The molecule has 104 valence electrons. The van der Waals surface area contributed by atoms with E-state index in [0.29, 0.717) is 17.9 Å². The summed E-state index contributed by atoms with van der Waals surface area (Å²) in [5, 5.41) is 2.84. The van der Waals surface area contributed by atoms with Crippen molar-refractivity contribution in [1.82, 2.24) is 10.2 Å². The van der Waals surface area contributed by atoms with Crippen LogP contribution in [-0.4, -0.2) is 34.3 Å². The van der Waals surface area contributed by atoms with Crippen molar-refractivity contribution in [3.8, 4) is 0 Å². The maximum absolute atomic E-state index is 12.7. The monoisotopic (exact) mass is 262 g/mol. The SMILES string of the molecule is CC1C(=O)NC(C)(C)C(=O)N1C1C2C3CCC(C3)C21. The Hall–Kier alpha value is -1.06. The van der Waals surface area contributed by atoms with Gasteiger partial charge < -0.3 is 10.2 Å². The minimum Gasteiger partial charge on any atom is -0.340 e. The largest absolute Gasteiger partial charge is 0.340 e. The summed E-state index contributed by atoms with van der Waals surface area (Å²) in [7, 11) is 0. The fraction of sp³-hybridized carbons (Fsp3) is 0.867. The Balaban J connectivity index is 1.64. The van der Waals surface area contributed by atoms with Gasteiger partial charge in [-0.25, -0.2) is 0 Å². The molecule has 4 fully saturated rings. The highest BCUT2D eigenvalue weighted by atomic mass is 16.2. The van der Waals surface area contributed by atoms with Crippen LogP contribution in [0.2, 0.25) is 0 Å². The first-order valence-corrected chi connectivity index (χ1v) is 7.56. The fourth-order valence-electron chi connectivity index (χ4n) is 5.14. The van der Waals surface area contributed by atoms with Crippen LogP contribution in [0.15, 0.2) is 0 Å². The van der Waals surface area contributed by atoms with Gasteiger partial charge in [0.1, 0.15) is 11.6 Å². The predicted octanol–water partition coefficient (Wildman–Crippen LogP) is 1.16. The molecule has 5 unspecified atom stereocenters. The lowest BCUT2D eigenvalue weighted by atomic mass is 9.95. The second-order valence-electron chi connectivity index (χ2n) is 7.48. The van der Waals surface area contributed by atoms with Crippen LogP contribution in [0.4, 0.5) is 0 Å². The Kier molecular flexibility index (Phi) is 2.06. The van der Waals surface area contributed by atoms with Gasteiger partial charge in [-0.3, -0.25) is 9.59 Å². The van der Waals surface area contributed by atoms with E-state index in [1.54, 1.807) is 0 Å². The van der Waals surface area contributed by atoms with Crippen molar-refractivity contribution in [3.05, 3.63) is 0 Å². The normalized spacial score (nSPS) is 50.2. The van der Waals surface area contributed by atoms with E-state index in [4.69, 9.17) is 0 Å². The minimum atomic E-state index is -0.737. The lowest BCUT2D eigenvalue weighted by Gasteiger charge is -2.42. The fourth-order valence-corrected chi connectivity index (χ4v) is 5.14. The van der Waals surface area contributed by atoms with Gasteiger partial charge in [0.2, 0.25) is 11.8 Å². The van der Waals surface area contributed by atoms with Gasteiger partial charge in [-0.2, -0.15) is 0 Å². The molecule has 0 aromatic carbocycles. The molecule has 19 heavy (non-hydrogen) atoms. The Morgan fingerprint density at radius 1 is 1.16 bits per heavy atom. The smallest absolute Gasteiger partial charge is 0.248 e. The quantitative estimate of drug-likeness (QED) is 0.771. The van der Waals surface area contributed by atoms with E-state index in [1.807, 2.05) is 25.7 Å². The molecule has 1 heterocycles. The van der Waals surface area contributed by atoms with E-state index >= 15 is 0 Å². The topological polar surface area (TPSA) is 49.4 Å². The second kappa shape index (κ2) is 3.33. The molecule has 3 aliphatic carbocycles. The third-order valence-corrected chi connectivity index (χ3v) is 6.02. The zero-order valence-corrected chi connectivity index (χ0v) is 11.8. The average molecular weight is 262 g/mol. The van der Waals surface area contributed by atoms with Crippen LogP contribution < -0.4 is 5.32 Å². The van der Waals surface area contributed by atoms with Gasteiger partial charge in [0.15, 0.2) is 0 Å². The average Bonchev–Trinajstić information content (AvgIpc) is 2.77. The molecule has 5 atom stereocenters. The number of rotatable bonds is 1. The molecule has 0 aromatic rings. The van der Waals surface area contributed by atoms with E-state index < -0.39 is 5.54 Å². The molecule has 4 nitrogen and oxygen atoms in total. The Labute approximate surface area is 113 Å². The van der Waals surface area contributed by atoms with E-state index in [0.717, 1.165) is 11.8 Å². The first-order chi connectivity index (χ1) is 8.92. The number of hydrogen-bond acceptors (Lipinski definition) is 2.